The maximum Gasteiger partial charge on any atom is 0.422 e. The highest BCUT2D eigenvalue weighted by Gasteiger charge is 2.28. The zero-order valence-corrected chi connectivity index (χ0v) is 21.4. The van der Waals surface area contributed by atoms with E-state index in [0.29, 0.717) is 30.5 Å². The molecule has 3 heterocycles. The first-order valence-electron chi connectivity index (χ1n) is 12.0. The maximum atomic E-state index is 12.2. The molecule has 0 radical (unpaired) electrons. The predicted molar refractivity (Wildman–Crippen MR) is 142 cm³/mol. The lowest BCUT2D eigenvalue weighted by Gasteiger charge is -2.30. The lowest BCUT2D eigenvalue weighted by atomic mass is 10.1. The van der Waals surface area contributed by atoms with Crippen molar-refractivity contribution in [3.63, 3.8) is 0 Å². The van der Waals surface area contributed by atoms with Crippen LogP contribution < -0.4 is 15.8 Å². The number of aromatic nitrogens is 2. The average molecular weight is 546 g/mol. The molecule has 4 rings (SSSR count). The Morgan fingerprint density at radius 2 is 2.08 bits per heavy atom. The molecule has 5 N–H and O–H groups in total. The number of H-pyrrole nitrogens is 1. The van der Waals surface area contributed by atoms with E-state index in [0.717, 1.165) is 16.5 Å². The molecule has 1 atom stereocenters. The SMILES string of the molecule is CC(C)CN=C(N)NC1N=CC=CN1Cc1ccc(OCC(F)(F)F)nc1.O=C(O)c1cccc2[nH]ccc12. The molecule has 0 aliphatic carbocycles. The Balaban J connectivity index is 0.000000289. The number of guanidine groups is 1. The van der Waals surface area contributed by atoms with Crippen LogP contribution in [0, 0.1) is 5.92 Å². The summed E-state index contributed by atoms with van der Waals surface area (Å²) >= 11 is 0. The largest absolute Gasteiger partial charge is 0.478 e. The number of nitrogens with zero attached hydrogens (tertiary/aromatic N) is 4. The standard InChI is InChI=1S/C17H23F3N6O.C9H7NO2/c1-12(2)8-24-15(21)25-16-22-6-3-7-26(16)10-13-4-5-14(23-9-13)27-11-17(18,19)20;11-9(12)7-2-1-3-8-6(7)4-5-10-8/h3-7,9,12,16H,8,10-11H2,1-2H3,(H3,21,24,25);1-5,10H,(H,11,12). The number of aromatic carboxylic acids is 1. The van der Waals surface area contributed by atoms with Crippen molar-refractivity contribution in [3.05, 3.63) is 72.2 Å². The van der Waals surface area contributed by atoms with Gasteiger partial charge in [0.05, 0.1) is 5.56 Å². The normalized spacial score (nSPS) is 15.3. The first-order chi connectivity index (χ1) is 18.5. The summed E-state index contributed by atoms with van der Waals surface area (Å²) in [4.78, 5) is 28.0. The third-order valence-corrected chi connectivity index (χ3v) is 5.18. The van der Waals surface area contributed by atoms with Gasteiger partial charge in [-0.3, -0.25) is 4.99 Å². The van der Waals surface area contributed by atoms with Gasteiger partial charge in [0.25, 0.3) is 0 Å². The van der Waals surface area contributed by atoms with Gasteiger partial charge in [-0.2, -0.15) is 13.2 Å². The summed E-state index contributed by atoms with van der Waals surface area (Å²) in [6.07, 6.45) is 3.61. The van der Waals surface area contributed by atoms with E-state index in [9.17, 15) is 18.0 Å². The molecule has 13 heteroatoms. The van der Waals surface area contributed by atoms with Crippen LogP contribution in [-0.2, 0) is 6.54 Å². The zero-order chi connectivity index (χ0) is 28.4. The number of aromatic amines is 1. The van der Waals surface area contributed by atoms with Crippen LogP contribution in [0.1, 0.15) is 29.8 Å². The summed E-state index contributed by atoms with van der Waals surface area (Å²) in [7, 11) is 0. The number of hydrogen-bond donors (Lipinski definition) is 4. The van der Waals surface area contributed by atoms with E-state index < -0.39 is 25.0 Å². The van der Waals surface area contributed by atoms with Crippen LogP contribution in [0.3, 0.4) is 0 Å². The summed E-state index contributed by atoms with van der Waals surface area (Å²) in [6.45, 7) is 3.74. The molecular weight excluding hydrogens is 515 g/mol. The highest BCUT2D eigenvalue weighted by atomic mass is 19.4. The van der Waals surface area contributed by atoms with Crippen LogP contribution in [0.25, 0.3) is 10.9 Å². The quantitative estimate of drug-likeness (QED) is 0.246. The minimum absolute atomic E-state index is 0.0805. The summed E-state index contributed by atoms with van der Waals surface area (Å²) in [5.74, 6) is -0.288. The molecule has 39 heavy (non-hydrogen) atoms. The molecule has 1 aromatic carbocycles. The van der Waals surface area contributed by atoms with Crippen molar-refractivity contribution in [2.75, 3.05) is 13.2 Å². The molecule has 2 aromatic heterocycles. The van der Waals surface area contributed by atoms with Gasteiger partial charge >= 0.3 is 12.1 Å². The molecule has 0 fully saturated rings. The predicted octanol–water partition coefficient (Wildman–Crippen LogP) is 4.13. The molecular formula is C26H30F3N7O3. The second kappa shape index (κ2) is 13.3. The Labute approximate surface area is 223 Å². The molecule has 1 aliphatic heterocycles. The lowest BCUT2D eigenvalue weighted by Crippen LogP contribution is -2.48. The Bertz CT molecular complexity index is 1320. The number of allylic oxidation sites excluding steroid dienone is 1. The van der Waals surface area contributed by atoms with Crippen molar-refractivity contribution in [1.82, 2.24) is 20.2 Å². The highest BCUT2D eigenvalue weighted by Crippen LogP contribution is 2.18. The number of nitrogens with two attached hydrogens (primary N) is 1. The number of alkyl halides is 3. The summed E-state index contributed by atoms with van der Waals surface area (Å²) in [5.41, 5.74) is 7.87. The average Bonchev–Trinajstić information content (AvgIpc) is 3.37. The van der Waals surface area contributed by atoms with Crippen molar-refractivity contribution in [3.8, 4) is 5.88 Å². The van der Waals surface area contributed by atoms with E-state index in [1.165, 1.54) is 12.3 Å². The summed E-state index contributed by atoms with van der Waals surface area (Å²) in [5, 5.41) is 12.6. The van der Waals surface area contributed by atoms with Crippen LogP contribution in [-0.4, -0.2) is 63.7 Å². The number of rotatable bonds is 8. The molecule has 0 saturated heterocycles. The molecule has 1 unspecified atom stereocenters. The fourth-order valence-corrected chi connectivity index (χ4v) is 3.39. The second-order valence-corrected chi connectivity index (χ2v) is 8.91. The third-order valence-electron chi connectivity index (χ3n) is 5.18. The minimum Gasteiger partial charge on any atom is -0.478 e. The first-order valence-corrected chi connectivity index (χ1v) is 12.0. The highest BCUT2D eigenvalue weighted by molar-refractivity contribution is 6.02. The Kier molecular flexibility index (Phi) is 9.90. The van der Waals surface area contributed by atoms with Gasteiger partial charge in [0, 0.05) is 54.9 Å². The first kappa shape index (κ1) is 29.0. The Morgan fingerprint density at radius 3 is 2.74 bits per heavy atom. The van der Waals surface area contributed by atoms with E-state index in [2.05, 4.69) is 30.0 Å². The van der Waals surface area contributed by atoms with E-state index >= 15 is 0 Å². The van der Waals surface area contributed by atoms with Crippen LogP contribution in [0.5, 0.6) is 5.88 Å². The van der Waals surface area contributed by atoms with Crippen molar-refractivity contribution >= 4 is 29.0 Å². The number of fused-ring (bicyclic) bond motifs is 1. The molecule has 1 aliphatic rings. The van der Waals surface area contributed by atoms with Gasteiger partial charge in [-0.15, -0.1) is 0 Å². The zero-order valence-electron chi connectivity index (χ0n) is 21.4. The van der Waals surface area contributed by atoms with Crippen LogP contribution in [0.2, 0.25) is 0 Å². The number of benzene rings is 1. The number of halogens is 3. The molecule has 208 valence electrons. The maximum absolute atomic E-state index is 12.2. The van der Waals surface area contributed by atoms with E-state index in [-0.39, 0.29) is 5.88 Å². The fraction of sp³-hybridized carbons (Fsp3) is 0.308. The molecule has 0 spiro atoms. The van der Waals surface area contributed by atoms with Crippen molar-refractivity contribution < 1.29 is 27.8 Å². The molecule has 0 bridgehead atoms. The number of aliphatic imine (C=N–C) groups is 2. The Morgan fingerprint density at radius 1 is 1.28 bits per heavy atom. The van der Waals surface area contributed by atoms with Gasteiger partial charge in [-0.25, -0.2) is 14.8 Å². The van der Waals surface area contributed by atoms with Crippen LogP contribution >= 0.6 is 0 Å². The van der Waals surface area contributed by atoms with Gasteiger partial charge < -0.3 is 30.8 Å². The number of carboxylic acid groups (broad SMARTS) is 1. The topological polar surface area (TPSA) is 141 Å². The van der Waals surface area contributed by atoms with Gasteiger partial charge in [0.15, 0.2) is 18.9 Å². The smallest absolute Gasteiger partial charge is 0.422 e. The molecule has 10 nitrogen and oxygen atoms in total. The molecule has 3 aromatic rings. The number of ether oxygens (including phenoxy) is 1. The van der Waals surface area contributed by atoms with Crippen molar-refractivity contribution in [2.24, 2.45) is 21.6 Å². The molecule has 0 saturated carbocycles. The van der Waals surface area contributed by atoms with Crippen LogP contribution in [0.4, 0.5) is 13.2 Å². The van der Waals surface area contributed by atoms with Crippen LogP contribution in [0.15, 0.2) is 71.1 Å². The third kappa shape index (κ3) is 9.36. The van der Waals surface area contributed by atoms with Crippen molar-refractivity contribution in [2.45, 2.75) is 32.9 Å². The second-order valence-electron chi connectivity index (χ2n) is 8.91. The van der Waals surface area contributed by atoms with Gasteiger partial charge in [-0.05, 0) is 35.8 Å². The van der Waals surface area contributed by atoms with Gasteiger partial charge in [-0.1, -0.05) is 26.0 Å². The number of hydrogen-bond acceptors (Lipinski definition) is 6. The number of carbonyl (C=O) groups is 1. The van der Waals surface area contributed by atoms with Gasteiger partial charge in [0.1, 0.15) is 0 Å². The van der Waals surface area contributed by atoms with Gasteiger partial charge in [0.2, 0.25) is 5.88 Å². The number of carboxylic acids is 1. The summed E-state index contributed by atoms with van der Waals surface area (Å²) < 4.78 is 41.1. The van der Waals surface area contributed by atoms with Crippen molar-refractivity contribution in [1.29, 1.82) is 0 Å². The van der Waals surface area contributed by atoms with E-state index in [4.69, 9.17) is 10.8 Å². The summed E-state index contributed by atoms with van der Waals surface area (Å²) in [6, 6.07) is 9.98. The number of pyridine rings is 1. The Hall–Kier alpha value is -4.55. The number of nitrogens with one attached hydrogen (secondary N) is 2. The molecule has 0 amide bonds. The van der Waals surface area contributed by atoms with E-state index in [1.807, 2.05) is 31.0 Å². The lowest BCUT2D eigenvalue weighted by molar-refractivity contribution is -0.154. The minimum atomic E-state index is -4.40. The monoisotopic (exact) mass is 545 g/mol. The fourth-order valence-electron chi connectivity index (χ4n) is 3.39. The van der Waals surface area contributed by atoms with E-state index in [1.54, 1.807) is 42.8 Å².